The molecule has 0 radical (unpaired) electrons. The van der Waals surface area contributed by atoms with Crippen LogP contribution in [-0.2, 0) is 9.53 Å². The van der Waals surface area contributed by atoms with E-state index in [1.165, 1.54) is 24.3 Å². The molecule has 3 rings (SSSR count). The number of ether oxygens (including phenoxy) is 4. The maximum atomic E-state index is 12.5. The van der Waals surface area contributed by atoms with Crippen molar-refractivity contribution in [3.63, 3.8) is 0 Å². The van der Waals surface area contributed by atoms with Crippen molar-refractivity contribution in [1.29, 1.82) is 0 Å². The second-order valence-electron chi connectivity index (χ2n) is 6.87. The molecule has 1 saturated heterocycles. The van der Waals surface area contributed by atoms with Gasteiger partial charge in [0.05, 0.1) is 42.7 Å². The summed E-state index contributed by atoms with van der Waals surface area (Å²) < 4.78 is 22.5. The standard InChI is InChI=1S/C22H27N3O7/c1-3-30-20-14-19(24-9-11-29-12-10-24)21(31-4-2)13-18(20)23-22(26)15-32-17-7-5-16(6-8-17)25(27)28/h5-8,13-14H,3-4,9-12,15H2,1-2H3,(H,23,26). The van der Waals surface area contributed by atoms with Gasteiger partial charge in [0.1, 0.15) is 17.2 Å². The number of anilines is 2. The van der Waals surface area contributed by atoms with Gasteiger partial charge in [-0.15, -0.1) is 0 Å². The maximum Gasteiger partial charge on any atom is 0.269 e. The molecule has 2 aromatic rings. The van der Waals surface area contributed by atoms with Gasteiger partial charge in [0, 0.05) is 37.4 Å². The van der Waals surface area contributed by atoms with E-state index >= 15 is 0 Å². The highest BCUT2D eigenvalue weighted by Gasteiger charge is 2.20. The Balaban J connectivity index is 1.73. The smallest absolute Gasteiger partial charge is 0.269 e. The topological polar surface area (TPSA) is 112 Å². The summed E-state index contributed by atoms with van der Waals surface area (Å²) in [5, 5.41) is 13.5. The fraction of sp³-hybridized carbons (Fsp3) is 0.409. The summed E-state index contributed by atoms with van der Waals surface area (Å²) in [5.74, 6) is 1.13. The second kappa shape index (κ2) is 11.2. The molecule has 1 heterocycles. The van der Waals surface area contributed by atoms with Crippen LogP contribution in [0.4, 0.5) is 17.1 Å². The molecule has 2 aromatic carbocycles. The highest BCUT2D eigenvalue weighted by atomic mass is 16.6. The monoisotopic (exact) mass is 445 g/mol. The third-order valence-corrected chi connectivity index (χ3v) is 4.70. The number of nitro groups is 1. The Labute approximate surface area is 186 Å². The Kier molecular flexibility index (Phi) is 8.09. The number of hydrogen-bond acceptors (Lipinski definition) is 8. The molecule has 0 aromatic heterocycles. The van der Waals surface area contributed by atoms with Gasteiger partial charge in [0.25, 0.3) is 11.6 Å². The lowest BCUT2D eigenvalue weighted by Gasteiger charge is -2.31. The van der Waals surface area contributed by atoms with Crippen LogP contribution in [0.3, 0.4) is 0 Å². The molecule has 1 N–H and O–H groups in total. The SMILES string of the molecule is CCOc1cc(N2CCOCC2)c(OCC)cc1NC(=O)COc1ccc([N+](=O)[O-])cc1. The average Bonchev–Trinajstić information content (AvgIpc) is 2.80. The third kappa shape index (κ3) is 6.01. The lowest BCUT2D eigenvalue weighted by molar-refractivity contribution is -0.384. The van der Waals surface area contributed by atoms with Crippen molar-refractivity contribution in [2.45, 2.75) is 13.8 Å². The number of nitrogens with one attached hydrogen (secondary N) is 1. The molecule has 1 aliphatic heterocycles. The summed E-state index contributed by atoms with van der Waals surface area (Å²) in [5.41, 5.74) is 1.32. The van der Waals surface area contributed by atoms with Crippen molar-refractivity contribution in [1.82, 2.24) is 0 Å². The molecule has 10 heteroatoms. The Hall–Kier alpha value is -3.53. The van der Waals surface area contributed by atoms with Gasteiger partial charge >= 0.3 is 0 Å². The number of non-ortho nitro benzene ring substituents is 1. The molecule has 0 atom stereocenters. The Bertz CT molecular complexity index is 928. The molecule has 10 nitrogen and oxygen atoms in total. The van der Waals surface area contributed by atoms with Crippen LogP contribution in [-0.4, -0.2) is 57.0 Å². The molecular formula is C22H27N3O7. The van der Waals surface area contributed by atoms with Crippen LogP contribution in [0.1, 0.15) is 13.8 Å². The van der Waals surface area contributed by atoms with Gasteiger partial charge in [-0.2, -0.15) is 0 Å². The van der Waals surface area contributed by atoms with Crippen LogP contribution in [0.2, 0.25) is 0 Å². The van der Waals surface area contributed by atoms with E-state index < -0.39 is 10.8 Å². The Morgan fingerprint density at radius 1 is 1.06 bits per heavy atom. The normalized spacial score (nSPS) is 13.4. The molecule has 0 spiro atoms. The number of amides is 1. The van der Waals surface area contributed by atoms with Crippen molar-refractivity contribution in [2.24, 2.45) is 0 Å². The number of nitrogens with zero attached hydrogens (tertiary/aromatic N) is 2. The van der Waals surface area contributed by atoms with E-state index in [1.807, 2.05) is 19.9 Å². The van der Waals surface area contributed by atoms with E-state index in [0.29, 0.717) is 49.4 Å². The van der Waals surface area contributed by atoms with Crippen molar-refractivity contribution >= 4 is 23.0 Å². The summed E-state index contributed by atoms with van der Waals surface area (Å²) in [6.45, 7) is 7.14. The number of hydrogen-bond donors (Lipinski definition) is 1. The number of nitro benzene ring substituents is 1. The number of carbonyl (C=O) groups is 1. The maximum absolute atomic E-state index is 12.5. The Morgan fingerprint density at radius 2 is 1.72 bits per heavy atom. The zero-order chi connectivity index (χ0) is 22.9. The minimum atomic E-state index is -0.498. The highest BCUT2D eigenvalue weighted by molar-refractivity contribution is 5.94. The van der Waals surface area contributed by atoms with Gasteiger partial charge in [0.2, 0.25) is 0 Å². The molecule has 1 aliphatic rings. The molecule has 1 amide bonds. The minimum Gasteiger partial charge on any atom is -0.492 e. The largest absolute Gasteiger partial charge is 0.492 e. The van der Waals surface area contributed by atoms with Crippen molar-refractivity contribution in [3.8, 4) is 17.2 Å². The molecule has 32 heavy (non-hydrogen) atoms. The first-order chi connectivity index (χ1) is 15.5. The minimum absolute atomic E-state index is 0.0491. The van der Waals surface area contributed by atoms with Crippen LogP contribution < -0.4 is 24.4 Å². The zero-order valence-electron chi connectivity index (χ0n) is 18.2. The summed E-state index contributed by atoms with van der Waals surface area (Å²) in [6, 6.07) is 9.15. The van der Waals surface area contributed by atoms with Crippen LogP contribution in [0.15, 0.2) is 36.4 Å². The number of carbonyl (C=O) groups excluding carboxylic acids is 1. The Morgan fingerprint density at radius 3 is 2.34 bits per heavy atom. The second-order valence-corrected chi connectivity index (χ2v) is 6.87. The quantitative estimate of drug-likeness (QED) is 0.438. The van der Waals surface area contributed by atoms with Crippen molar-refractivity contribution in [2.75, 3.05) is 56.3 Å². The lowest BCUT2D eigenvalue weighted by atomic mass is 10.2. The molecule has 0 bridgehead atoms. The molecule has 0 aliphatic carbocycles. The summed E-state index contributed by atoms with van der Waals surface area (Å²) in [6.07, 6.45) is 0. The summed E-state index contributed by atoms with van der Waals surface area (Å²) in [4.78, 5) is 24.9. The predicted octanol–water partition coefficient (Wildman–Crippen LogP) is 3.25. The number of morpholine rings is 1. The van der Waals surface area contributed by atoms with E-state index in [2.05, 4.69) is 10.2 Å². The van der Waals surface area contributed by atoms with Crippen molar-refractivity contribution < 1.29 is 28.7 Å². The first-order valence-corrected chi connectivity index (χ1v) is 10.4. The van der Waals surface area contributed by atoms with Gasteiger partial charge in [-0.05, 0) is 26.0 Å². The van der Waals surface area contributed by atoms with Gasteiger partial charge in [-0.3, -0.25) is 14.9 Å². The van der Waals surface area contributed by atoms with Gasteiger partial charge < -0.3 is 29.2 Å². The predicted molar refractivity (Wildman–Crippen MR) is 119 cm³/mol. The molecular weight excluding hydrogens is 418 g/mol. The first kappa shape index (κ1) is 23.1. The van der Waals surface area contributed by atoms with Gasteiger partial charge in [0.15, 0.2) is 6.61 Å². The molecule has 172 valence electrons. The van der Waals surface area contributed by atoms with Crippen molar-refractivity contribution in [3.05, 3.63) is 46.5 Å². The van der Waals surface area contributed by atoms with E-state index in [0.717, 1.165) is 18.8 Å². The molecule has 1 fully saturated rings. The third-order valence-electron chi connectivity index (χ3n) is 4.70. The highest BCUT2D eigenvalue weighted by Crippen LogP contribution is 2.39. The number of rotatable bonds is 10. The van der Waals surface area contributed by atoms with Gasteiger partial charge in [-0.25, -0.2) is 0 Å². The van der Waals surface area contributed by atoms with Gasteiger partial charge in [-0.1, -0.05) is 0 Å². The lowest BCUT2D eigenvalue weighted by Crippen LogP contribution is -2.36. The number of benzene rings is 2. The van der Waals surface area contributed by atoms with E-state index in [-0.39, 0.29) is 12.3 Å². The van der Waals surface area contributed by atoms with Crippen LogP contribution >= 0.6 is 0 Å². The fourth-order valence-corrected chi connectivity index (χ4v) is 3.24. The molecule has 0 saturated carbocycles. The zero-order valence-corrected chi connectivity index (χ0v) is 18.2. The first-order valence-electron chi connectivity index (χ1n) is 10.4. The van der Waals surface area contributed by atoms with E-state index in [9.17, 15) is 14.9 Å². The summed E-state index contributed by atoms with van der Waals surface area (Å²) >= 11 is 0. The van der Waals surface area contributed by atoms with E-state index in [1.54, 1.807) is 6.07 Å². The van der Waals surface area contributed by atoms with E-state index in [4.69, 9.17) is 18.9 Å². The fourth-order valence-electron chi connectivity index (χ4n) is 3.24. The van der Waals surface area contributed by atoms with Crippen LogP contribution in [0.5, 0.6) is 17.2 Å². The van der Waals surface area contributed by atoms with Crippen LogP contribution in [0, 0.1) is 10.1 Å². The average molecular weight is 445 g/mol. The summed E-state index contributed by atoms with van der Waals surface area (Å²) in [7, 11) is 0. The van der Waals surface area contributed by atoms with Crippen LogP contribution in [0.25, 0.3) is 0 Å². The molecule has 0 unspecified atom stereocenters.